The minimum Gasteiger partial charge on any atom is -0.454 e. The third kappa shape index (κ3) is 2.14. The maximum absolute atomic E-state index is 12.1. The highest BCUT2D eigenvalue weighted by Gasteiger charge is 2.26. The summed E-state index contributed by atoms with van der Waals surface area (Å²) in [6.07, 6.45) is -3.27. The molecule has 0 fully saturated rings. The van der Waals surface area contributed by atoms with E-state index in [4.69, 9.17) is 9.47 Å². The summed E-state index contributed by atoms with van der Waals surface area (Å²) in [6.45, 7) is -0.126. The number of nitro groups is 1. The van der Waals surface area contributed by atoms with Crippen LogP contribution in [0.15, 0.2) is 12.1 Å². The first-order valence-corrected chi connectivity index (χ1v) is 4.66. The Kier molecular flexibility index (Phi) is 2.96. The number of nitrogens with zero attached hydrogens (tertiary/aromatic N) is 1. The average Bonchev–Trinajstić information content (AvgIpc) is 2.74. The average molecular weight is 260 g/mol. The number of hydrogen-bond donors (Lipinski definition) is 1. The molecule has 18 heavy (non-hydrogen) atoms. The summed E-state index contributed by atoms with van der Waals surface area (Å²) in [5, 5.41) is 12.5. The highest BCUT2D eigenvalue weighted by molar-refractivity contribution is 5.95. The molecule has 0 bridgehead atoms. The van der Waals surface area contributed by atoms with Crippen LogP contribution in [0.25, 0.3) is 0 Å². The van der Waals surface area contributed by atoms with Gasteiger partial charge in [0.05, 0.1) is 11.0 Å². The van der Waals surface area contributed by atoms with Crippen molar-refractivity contribution in [3.63, 3.8) is 0 Å². The molecule has 96 valence electrons. The summed E-state index contributed by atoms with van der Waals surface area (Å²) < 4.78 is 34.0. The van der Waals surface area contributed by atoms with Crippen LogP contribution in [0.3, 0.4) is 0 Å². The number of ether oxygens (including phenoxy) is 2. The van der Waals surface area contributed by atoms with Gasteiger partial charge in [0.25, 0.3) is 11.6 Å². The second-order valence-electron chi connectivity index (χ2n) is 3.27. The molecule has 1 aromatic carbocycles. The predicted octanol–water partition coefficient (Wildman–Crippen LogP) is 1.53. The maximum atomic E-state index is 12.1. The van der Waals surface area contributed by atoms with E-state index in [9.17, 15) is 23.7 Å². The second kappa shape index (κ2) is 4.43. The van der Waals surface area contributed by atoms with Gasteiger partial charge in [-0.25, -0.2) is 0 Å². The van der Waals surface area contributed by atoms with Gasteiger partial charge in [-0.15, -0.1) is 0 Å². The van der Waals surface area contributed by atoms with Crippen molar-refractivity contribution in [2.24, 2.45) is 0 Å². The fourth-order valence-electron chi connectivity index (χ4n) is 1.37. The monoisotopic (exact) mass is 260 g/mol. The zero-order valence-corrected chi connectivity index (χ0v) is 8.68. The first-order valence-electron chi connectivity index (χ1n) is 4.66. The summed E-state index contributed by atoms with van der Waals surface area (Å²) in [7, 11) is 0. The molecule has 2 rings (SSSR count). The van der Waals surface area contributed by atoms with Crippen LogP contribution in [-0.4, -0.2) is 24.0 Å². The number of carbonyl (C=O) groups excluding carboxylic acids is 1. The molecule has 1 amide bonds. The maximum Gasteiger partial charge on any atom is 0.315 e. The van der Waals surface area contributed by atoms with Crippen molar-refractivity contribution < 1.29 is 28.0 Å². The van der Waals surface area contributed by atoms with Crippen LogP contribution in [-0.2, 0) is 4.79 Å². The van der Waals surface area contributed by atoms with Crippen molar-refractivity contribution in [2.75, 3.05) is 12.1 Å². The van der Waals surface area contributed by atoms with Crippen LogP contribution < -0.4 is 14.8 Å². The van der Waals surface area contributed by atoms with Gasteiger partial charge in [0, 0.05) is 6.07 Å². The number of nitrogens with one attached hydrogen (secondary N) is 1. The molecule has 0 saturated heterocycles. The number of halogens is 2. The van der Waals surface area contributed by atoms with Gasteiger partial charge in [-0.2, -0.15) is 8.78 Å². The number of alkyl halides is 2. The fourth-order valence-corrected chi connectivity index (χ4v) is 1.37. The Hall–Kier alpha value is -2.45. The van der Waals surface area contributed by atoms with E-state index in [1.54, 1.807) is 5.32 Å². The second-order valence-corrected chi connectivity index (χ2v) is 3.27. The molecule has 1 aromatic rings. The Morgan fingerprint density at radius 3 is 2.56 bits per heavy atom. The molecule has 7 nitrogen and oxygen atoms in total. The molecule has 0 aliphatic carbocycles. The van der Waals surface area contributed by atoms with Crippen LogP contribution in [0.1, 0.15) is 0 Å². The molecule has 0 unspecified atom stereocenters. The minimum atomic E-state index is -3.27. The van der Waals surface area contributed by atoms with Crippen LogP contribution in [0.4, 0.5) is 20.2 Å². The van der Waals surface area contributed by atoms with Crippen molar-refractivity contribution in [1.82, 2.24) is 0 Å². The number of fused-ring (bicyclic) bond motifs is 1. The van der Waals surface area contributed by atoms with Gasteiger partial charge in [-0.3, -0.25) is 14.9 Å². The third-order valence-corrected chi connectivity index (χ3v) is 2.14. The standard InChI is InChI=1S/C9H6F2N2O5/c10-8(11)9(14)12-4-1-6-7(18-3-17-6)2-5(4)13(15)16/h1-2,8H,3H2,(H,12,14). The molecule has 0 saturated carbocycles. The van der Waals surface area contributed by atoms with Gasteiger partial charge in [0.15, 0.2) is 11.5 Å². The molecule has 1 N–H and O–H groups in total. The zero-order chi connectivity index (χ0) is 13.3. The van der Waals surface area contributed by atoms with Crippen molar-refractivity contribution >= 4 is 17.3 Å². The number of amides is 1. The van der Waals surface area contributed by atoms with Crippen LogP contribution >= 0.6 is 0 Å². The first-order chi connectivity index (χ1) is 8.49. The first kappa shape index (κ1) is 12.0. The minimum absolute atomic E-state index is 0.122. The Balaban J connectivity index is 2.38. The summed E-state index contributed by atoms with van der Waals surface area (Å²) in [4.78, 5) is 20.8. The molecule has 0 spiro atoms. The van der Waals surface area contributed by atoms with E-state index in [1.165, 1.54) is 0 Å². The fraction of sp³-hybridized carbons (Fsp3) is 0.222. The van der Waals surface area contributed by atoms with Crippen molar-refractivity contribution in [3.8, 4) is 11.5 Å². The van der Waals surface area contributed by atoms with E-state index in [-0.39, 0.29) is 24.0 Å². The Morgan fingerprint density at radius 2 is 2.00 bits per heavy atom. The number of benzene rings is 1. The predicted molar refractivity (Wildman–Crippen MR) is 53.9 cm³/mol. The van der Waals surface area contributed by atoms with E-state index in [0.717, 1.165) is 12.1 Å². The van der Waals surface area contributed by atoms with Crippen molar-refractivity contribution in [3.05, 3.63) is 22.2 Å². The Labute approximate surface area is 98.4 Å². The van der Waals surface area contributed by atoms with Crippen molar-refractivity contribution in [1.29, 1.82) is 0 Å². The Morgan fingerprint density at radius 1 is 1.39 bits per heavy atom. The highest BCUT2D eigenvalue weighted by atomic mass is 19.3. The molecule has 1 aliphatic heterocycles. The van der Waals surface area contributed by atoms with Gasteiger partial charge in [-0.1, -0.05) is 0 Å². The smallest absolute Gasteiger partial charge is 0.315 e. The SMILES string of the molecule is O=C(Nc1cc2c(cc1[N+](=O)[O-])OCO2)C(F)F. The van der Waals surface area contributed by atoms with E-state index in [0.29, 0.717) is 0 Å². The van der Waals surface area contributed by atoms with E-state index in [1.807, 2.05) is 0 Å². The molecule has 0 aromatic heterocycles. The van der Waals surface area contributed by atoms with E-state index in [2.05, 4.69) is 0 Å². The molecular formula is C9H6F2N2O5. The normalized spacial score (nSPS) is 12.6. The van der Waals surface area contributed by atoms with Gasteiger partial charge < -0.3 is 14.8 Å². The molecule has 9 heteroatoms. The quantitative estimate of drug-likeness (QED) is 0.657. The number of anilines is 1. The van der Waals surface area contributed by atoms with Crippen LogP contribution in [0, 0.1) is 10.1 Å². The summed E-state index contributed by atoms with van der Waals surface area (Å²) in [5.41, 5.74) is -0.914. The topological polar surface area (TPSA) is 90.7 Å². The molecule has 0 radical (unpaired) electrons. The van der Waals surface area contributed by atoms with Gasteiger partial charge >= 0.3 is 6.43 Å². The lowest BCUT2D eigenvalue weighted by Crippen LogP contribution is -2.20. The van der Waals surface area contributed by atoms with Crippen molar-refractivity contribution in [2.45, 2.75) is 6.43 Å². The lowest BCUT2D eigenvalue weighted by molar-refractivity contribution is -0.384. The largest absolute Gasteiger partial charge is 0.454 e. The molecule has 1 heterocycles. The number of hydrogen-bond acceptors (Lipinski definition) is 5. The lowest BCUT2D eigenvalue weighted by atomic mass is 10.2. The third-order valence-electron chi connectivity index (χ3n) is 2.14. The number of carbonyl (C=O) groups is 1. The summed E-state index contributed by atoms with van der Waals surface area (Å²) in [6, 6.07) is 2.07. The van der Waals surface area contributed by atoms with E-state index >= 15 is 0 Å². The lowest BCUT2D eigenvalue weighted by Gasteiger charge is -2.06. The molecular weight excluding hydrogens is 254 g/mol. The molecule has 0 atom stereocenters. The number of nitro benzene ring substituents is 1. The zero-order valence-electron chi connectivity index (χ0n) is 8.68. The number of rotatable bonds is 3. The van der Waals surface area contributed by atoms with Gasteiger partial charge in [0.2, 0.25) is 6.79 Å². The highest BCUT2D eigenvalue weighted by Crippen LogP contribution is 2.40. The van der Waals surface area contributed by atoms with Gasteiger partial charge in [-0.05, 0) is 0 Å². The van der Waals surface area contributed by atoms with Gasteiger partial charge in [0.1, 0.15) is 5.69 Å². The van der Waals surface area contributed by atoms with E-state index < -0.39 is 22.9 Å². The summed E-state index contributed by atoms with van der Waals surface area (Å²) in [5.74, 6) is -1.36. The van der Waals surface area contributed by atoms with Crippen LogP contribution in [0.5, 0.6) is 11.5 Å². The molecule has 1 aliphatic rings. The van der Waals surface area contributed by atoms with Crippen LogP contribution in [0.2, 0.25) is 0 Å². The Bertz CT molecular complexity index is 520. The summed E-state index contributed by atoms with van der Waals surface area (Å²) >= 11 is 0.